The zero-order valence-electron chi connectivity index (χ0n) is 15.9. The van der Waals surface area contributed by atoms with Crippen LogP contribution in [0, 0.1) is 0 Å². The van der Waals surface area contributed by atoms with Gasteiger partial charge in [0.15, 0.2) is 23.9 Å². The summed E-state index contributed by atoms with van der Waals surface area (Å²) in [5.74, 6) is 0.520. The number of carbonyl (C=O) groups is 3. The number of anilines is 1. The molecular weight excluding hydrogens is 378 g/mol. The minimum atomic E-state index is -0.620. The number of hydrogen-bond acceptors (Lipinski definition) is 7. The maximum Gasteiger partial charge on any atom is 0.306 e. The maximum absolute atomic E-state index is 12.1. The van der Waals surface area contributed by atoms with Crippen LogP contribution in [0.4, 0.5) is 5.69 Å². The van der Waals surface area contributed by atoms with Gasteiger partial charge >= 0.3 is 5.97 Å². The number of Topliss-reactive ketones (excluding diaryl/α,β-unsaturated/α-hetero) is 1. The summed E-state index contributed by atoms with van der Waals surface area (Å²) in [6, 6.07) is 11.7. The van der Waals surface area contributed by atoms with Crippen molar-refractivity contribution in [3.63, 3.8) is 0 Å². The van der Waals surface area contributed by atoms with Crippen LogP contribution in [0.25, 0.3) is 0 Å². The molecule has 2 aromatic rings. The van der Waals surface area contributed by atoms with Gasteiger partial charge in [-0.1, -0.05) is 0 Å². The van der Waals surface area contributed by atoms with Gasteiger partial charge in [-0.05, 0) is 43.3 Å². The first kappa shape index (κ1) is 20.2. The SMILES string of the molecule is CCOc1ccc(C(=O)CCC(=O)OCC(=O)Nc2ccc3c(c2)OCO3)cc1. The Morgan fingerprint density at radius 1 is 1.00 bits per heavy atom. The molecule has 1 N–H and O–H groups in total. The van der Waals surface area contributed by atoms with E-state index in [-0.39, 0.29) is 25.4 Å². The molecule has 0 radical (unpaired) electrons. The molecule has 0 saturated carbocycles. The molecule has 2 aromatic carbocycles. The summed E-state index contributed by atoms with van der Waals surface area (Å²) in [6.07, 6.45) is -0.111. The molecule has 29 heavy (non-hydrogen) atoms. The van der Waals surface area contributed by atoms with E-state index in [2.05, 4.69) is 5.32 Å². The summed E-state index contributed by atoms with van der Waals surface area (Å²) in [6.45, 7) is 2.12. The fourth-order valence-electron chi connectivity index (χ4n) is 2.65. The summed E-state index contributed by atoms with van der Waals surface area (Å²) in [5, 5.41) is 2.60. The quantitative estimate of drug-likeness (QED) is 0.511. The van der Waals surface area contributed by atoms with Crippen molar-refractivity contribution in [1.29, 1.82) is 0 Å². The lowest BCUT2D eigenvalue weighted by molar-refractivity contribution is -0.147. The van der Waals surface area contributed by atoms with E-state index in [4.69, 9.17) is 18.9 Å². The molecule has 8 heteroatoms. The first-order valence-electron chi connectivity index (χ1n) is 9.16. The van der Waals surface area contributed by atoms with Crippen LogP contribution < -0.4 is 19.5 Å². The number of carbonyl (C=O) groups excluding carboxylic acids is 3. The molecule has 1 aliphatic heterocycles. The first-order valence-corrected chi connectivity index (χ1v) is 9.16. The average Bonchev–Trinajstić information content (AvgIpc) is 3.19. The Balaban J connectivity index is 1.39. The van der Waals surface area contributed by atoms with Gasteiger partial charge in [0.2, 0.25) is 6.79 Å². The van der Waals surface area contributed by atoms with Crippen molar-refractivity contribution in [2.24, 2.45) is 0 Å². The highest BCUT2D eigenvalue weighted by Gasteiger charge is 2.15. The Kier molecular flexibility index (Phi) is 6.67. The topological polar surface area (TPSA) is 100 Å². The smallest absolute Gasteiger partial charge is 0.306 e. The van der Waals surface area contributed by atoms with E-state index in [1.807, 2.05) is 6.92 Å². The molecule has 0 unspecified atom stereocenters. The van der Waals surface area contributed by atoms with Crippen molar-refractivity contribution in [3.8, 4) is 17.2 Å². The van der Waals surface area contributed by atoms with Crippen LogP contribution in [-0.2, 0) is 14.3 Å². The van der Waals surface area contributed by atoms with Gasteiger partial charge in [0.25, 0.3) is 5.91 Å². The first-order chi connectivity index (χ1) is 14.0. The van der Waals surface area contributed by atoms with Crippen LogP contribution in [0.15, 0.2) is 42.5 Å². The van der Waals surface area contributed by atoms with Crippen molar-refractivity contribution >= 4 is 23.3 Å². The van der Waals surface area contributed by atoms with Gasteiger partial charge in [-0.15, -0.1) is 0 Å². The summed E-state index contributed by atoms with van der Waals surface area (Å²) in [4.78, 5) is 35.9. The van der Waals surface area contributed by atoms with Gasteiger partial charge < -0.3 is 24.3 Å². The van der Waals surface area contributed by atoms with E-state index in [9.17, 15) is 14.4 Å². The molecule has 0 spiro atoms. The Bertz CT molecular complexity index is 892. The van der Waals surface area contributed by atoms with E-state index in [0.717, 1.165) is 0 Å². The Morgan fingerprint density at radius 2 is 1.76 bits per heavy atom. The second-order valence-corrected chi connectivity index (χ2v) is 6.16. The third-order valence-corrected chi connectivity index (χ3v) is 4.06. The van der Waals surface area contributed by atoms with Crippen LogP contribution in [0.3, 0.4) is 0 Å². The van der Waals surface area contributed by atoms with Crippen molar-refractivity contribution in [3.05, 3.63) is 48.0 Å². The molecule has 3 rings (SSSR count). The van der Waals surface area contributed by atoms with E-state index in [0.29, 0.717) is 35.1 Å². The zero-order chi connectivity index (χ0) is 20.6. The van der Waals surface area contributed by atoms with E-state index in [1.54, 1.807) is 42.5 Å². The lowest BCUT2D eigenvalue weighted by Gasteiger charge is -2.07. The van der Waals surface area contributed by atoms with Gasteiger partial charge in [0, 0.05) is 23.7 Å². The Hall–Kier alpha value is -3.55. The number of ether oxygens (including phenoxy) is 4. The Morgan fingerprint density at radius 3 is 2.52 bits per heavy atom. The highest BCUT2D eigenvalue weighted by atomic mass is 16.7. The number of rotatable bonds is 9. The highest BCUT2D eigenvalue weighted by molar-refractivity contribution is 5.98. The van der Waals surface area contributed by atoms with Gasteiger partial charge in [-0.25, -0.2) is 0 Å². The predicted octanol–water partition coefficient (Wildman–Crippen LogP) is 2.96. The molecule has 0 atom stereocenters. The molecule has 152 valence electrons. The fraction of sp³-hybridized carbons (Fsp3) is 0.286. The van der Waals surface area contributed by atoms with Crippen molar-refractivity contribution in [2.75, 3.05) is 25.3 Å². The monoisotopic (exact) mass is 399 g/mol. The maximum atomic E-state index is 12.1. The van der Waals surface area contributed by atoms with Crippen LogP contribution in [-0.4, -0.2) is 37.7 Å². The Labute approximate surface area is 167 Å². The van der Waals surface area contributed by atoms with E-state index in [1.165, 1.54) is 0 Å². The molecule has 1 heterocycles. The minimum absolute atomic E-state index is 0.00338. The lowest BCUT2D eigenvalue weighted by Crippen LogP contribution is -2.21. The minimum Gasteiger partial charge on any atom is -0.494 e. The van der Waals surface area contributed by atoms with Crippen molar-refractivity contribution in [1.82, 2.24) is 0 Å². The summed E-state index contributed by atoms with van der Waals surface area (Å²) >= 11 is 0. The fourth-order valence-corrected chi connectivity index (χ4v) is 2.65. The van der Waals surface area contributed by atoms with Gasteiger partial charge in [-0.2, -0.15) is 0 Å². The molecular formula is C21H21NO7. The molecule has 0 saturated heterocycles. The van der Waals surface area contributed by atoms with Gasteiger partial charge in [0.1, 0.15) is 5.75 Å². The summed E-state index contributed by atoms with van der Waals surface area (Å²) in [7, 11) is 0. The summed E-state index contributed by atoms with van der Waals surface area (Å²) < 4.78 is 20.7. The number of hydrogen-bond donors (Lipinski definition) is 1. The molecule has 1 amide bonds. The van der Waals surface area contributed by atoms with E-state index >= 15 is 0 Å². The number of amides is 1. The van der Waals surface area contributed by atoms with Crippen molar-refractivity contribution < 1.29 is 33.3 Å². The number of fused-ring (bicyclic) bond motifs is 1. The summed E-state index contributed by atoms with van der Waals surface area (Å²) in [5.41, 5.74) is 0.989. The average molecular weight is 399 g/mol. The van der Waals surface area contributed by atoms with Gasteiger partial charge in [-0.3, -0.25) is 14.4 Å². The van der Waals surface area contributed by atoms with Crippen LogP contribution in [0.2, 0.25) is 0 Å². The largest absolute Gasteiger partial charge is 0.494 e. The third kappa shape index (κ3) is 5.71. The third-order valence-electron chi connectivity index (χ3n) is 4.06. The molecule has 0 bridgehead atoms. The molecule has 0 aromatic heterocycles. The molecule has 1 aliphatic rings. The number of esters is 1. The lowest BCUT2D eigenvalue weighted by atomic mass is 10.1. The number of nitrogens with one attached hydrogen (secondary N) is 1. The van der Waals surface area contributed by atoms with Crippen LogP contribution in [0.5, 0.6) is 17.2 Å². The molecule has 0 fully saturated rings. The van der Waals surface area contributed by atoms with Crippen LogP contribution in [0.1, 0.15) is 30.1 Å². The molecule has 0 aliphatic carbocycles. The standard InChI is InChI=1S/C21H21NO7/c1-2-26-16-6-3-14(4-7-16)17(23)8-10-21(25)27-12-20(24)22-15-5-9-18-19(11-15)29-13-28-18/h3-7,9,11H,2,8,10,12-13H2,1H3,(H,22,24). The number of ketones is 1. The van der Waals surface area contributed by atoms with E-state index < -0.39 is 18.5 Å². The number of benzene rings is 2. The predicted molar refractivity (Wildman–Crippen MR) is 103 cm³/mol. The van der Waals surface area contributed by atoms with Gasteiger partial charge in [0.05, 0.1) is 13.0 Å². The zero-order valence-corrected chi connectivity index (χ0v) is 15.9. The second-order valence-electron chi connectivity index (χ2n) is 6.16. The highest BCUT2D eigenvalue weighted by Crippen LogP contribution is 2.34. The van der Waals surface area contributed by atoms with Crippen molar-refractivity contribution in [2.45, 2.75) is 19.8 Å². The second kappa shape index (κ2) is 9.59. The normalized spacial score (nSPS) is 11.6. The van der Waals surface area contributed by atoms with Crippen LogP contribution >= 0.6 is 0 Å². The molecule has 8 nitrogen and oxygen atoms in total.